The predicted octanol–water partition coefficient (Wildman–Crippen LogP) is 2.20. The highest BCUT2D eigenvalue weighted by Gasteiger charge is 2.18. The van der Waals surface area contributed by atoms with Gasteiger partial charge in [0.1, 0.15) is 16.4 Å². The Morgan fingerprint density at radius 1 is 1.43 bits per heavy atom. The highest BCUT2D eigenvalue weighted by atomic mass is 79.9. The fraction of sp³-hybridized carbons (Fsp3) is 0.643. The summed E-state index contributed by atoms with van der Waals surface area (Å²) in [4.78, 5) is 15.5. The fourth-order valence-electron chi connectivity index (χ4n) is 1.95. The van der Waals surface area contributed by atoms with Crippen LogP contribution in [0.2, 0.25) is 0 Å². The van der Waals surface area contributed by atoms with Crippen molar-refractivity contribution in [2.45, 2.75) is 26.2 Å². The van der Waals surface area contributed by atoms with Crippen molar-refractivity contribution >= 4 is 44.2 Å². The summed E-state index contributed by atoms with van der Waals surface area (Å²) < 4.78 is 22.9. The molecule has 23 heavy (non-hydrogen) atoms. The Morgan fingerprint density at radius 2 is 2.09 bits per heavy atom. The molecule has 0 bridgehead atoms. The molecule has 0 aromatic rings. The van der Waals surface area contributed by atoms with Crippen molar-refractivity contribution in [3.8, 4) is 0 Å². The van der Waals surface area contributed by atoms with E-state index in [-0.39, 0.29) is 5.75 Å². The second-order valence-electron chi connectivity index (χ2n) is 5.26. The molecule has 0 amide bonds. The number of sulfone groups is 1. The van der Waals surface area contributed by atoms with Gasteiger partial charge >= 0.3 is 0 Å². The van der Waals surface area contributed by atoms with E-state index < -0.39 is 9.84 Å². The van der Waals surface area contributed by atoms with Crippen LogP contribution < -0.4 is 0 Å². The summed E-state index contributed by atoms with van der Waals surface area (Å²) in [6, 6.07) is 0. The zero-order valence-corrected chi connectivity index (χ0v) is 15.9. The maximum atomic E-state index is 11.0. The van der Waals surface area contributed by atoms with Crippen molar-refractivity contribution in [3.05, 3.63) is 10.7 Å². The van der Waals surface area contributed by atoms with Crippen molar-refractivity contribution < 1.29 is 13.3 Å². The van der Waals surface area contributed by atoms with Crippen LogP contribution in [0.25, 0.3) is 0 Å². The average Bonchev–Trinajstić information content (AvgIpc) is 2.47. The minimum atomic E-state index is -2.93. The number of guanidine groups is 1. The van der Waals surface area contributed by atoms with Crippen LogP contribution >= 0.6 is 15.9 Å². The fourth-order valence-corrected chi connectivity index (χ4v) is 2.69. The number of hydrogen-bond acceptors (Lipinski definition) is 5. The van der Waals surface area contributed by atoms with E-state index in [1.807, 2.05) is 11.8 Å². The molecule has 0 aromatic heterocycles. The number of aliphatic imine (C=N–C) groups is 2. The molecule has 1 fully saturated rings. The Balaban J connectivity index is 2.39. The molecule has 1 heterocycles. The number of allylic oxidation sites excluding steroid dienone is 1. The van der Waals surface area contributed by atoms with Gasteiger partial charge in [0.15, 0.2) is 0 Å². The van der Waals surface area contributed by atoms with Crippen molar-refractivity contribution in [2.75, 3.05) is 31.7 Å². The van der Waals surface area contributed by atoms with Gasteiger partial charge < -0.3 is 9.74 Å². The minimum absolute atomic E-state index is 0.122. The van der Waals surface area contributed by atoms with Crippen molar-refractivity contribution in [2.24, 2.45) is 15.1 Å². The first-order chi connectivity index (χ1) is 10.8. The zero-order valence-electron chi connectivity index (χ0n) is 13.5. The molecule has 0 N–H and O–H groups in total. The molecule has 7 nitrogen and oxygen atoms in total. The van der Waals surface area contributed by atoms with Gasteiger partial charge in [-0.2, -0.15) is 0 Å². The topological polar surface area (TPSA) is 83.7 Å². The third kappa shape index (κ3) is 8.85. The van der Waals surface area contributed by atoms with E-state index in [4.69, 9.17) is 4.84 Å². The number of hydrogen-bond donors (Lipinski definition) is 0. The number of nitrogens with zero attached hydrogens (tertiary/aromatic N) is 4. The molecule has 0 unspecified atom stereocenters. The van der Waals surface area contributed by atoms with Crippen molar-refractivity contribution in [1.29, 1.82) is 0 Å². The van der Waals surface area contributed by atoms with Gasteiger partial charge in [-0.1, -0.05) is 21.1 Å². The number of piperidine rings is 1. The van der Waals surface area contributed by atoms with E-state index in [0.29, 0.717) is 19.0 Å². The normalized spacial score (nSPS) is 17.2. The lowest BCUT2D eigenvalue weighted by atomic mass is 10.1. The van der Waals surface area contributed by atoms with Gasteiger partial charge in [0.05, 0.1) is 11.5 Å². The Morgan fingerprint density at radius 3 is 2.61 bits per heavy atom. The summed E-state index contributed by atoms with van der Waals surface area (Å²) >= 11 is 3.32. The number of rotatable bonds is 6. The van der Waals surface area contributed by atoms with Crippen molar-refractivity contribution in [3.63, 3.8) is 0 Å². The number of halogens is 1. The molecular formula is C14H23BrN4O3S. The molecule has 1 aliphatic heterocycles. The number of likely N-dealkylation sites (tertiary alicyclic amines) is 1. The quantitative estimate of drug-likeness (QED) is 0.293. The van der Waals surface area contributed by atoms with Crippen LogP contribution in [0.15, 0.2) is 25.8 Å². The standard InChI is InChI=1S/C14H23BrN4O3S/c1-12(15)11-17-14(16-2)19-7-5-13(6-8-19)18-22-9-4-10-23(3,20)21/h11H,2,4-10H2,1,3H3/b12-11+,17-14+. The first kappa shape index (κ1) is 19.8. The van der Waals surface area contributed by atoms with E-state index in [0.717, 1.165) is 36.1 Å². The maximum Gasteiger partial charge on any atom is 0.224 e. The maximum absolute atomic E-state index is 11.0. The molecule has 9 heteroatoms. The molecule has 0 aromatic carbocycles. The third-order valence-corrected chi connectivity index (χ3v) is 4.30. The summed E-state index contributed by atoms with van der Waals surface area (Å²) in [6.07, 6.45) is 4.89. The van der Waals surface area contributed by atoms with Crippen LogP contribution in [-0.4, -0.2) is 63.4 Å². The molecule has 1 aliphatic rings. The average molecular weight is 407 g/mol. The van der Waals surface area contributed by atoms with Crippen LogP contribution in [0.1, 0.15) is 26.2 Å². The van der Waals surface area contributed by atoms with Gasteiger partial charge in [-0.25, -0.2) is 18.4 Å². The van der Waals surface area contributed by atoms with Crippen LogP contribution in [0.3, 0.4) is 0 Å². The first-order valence-electron chi connectivity index (χ1n) is 7.29. The summed E-state index contributed by atoms with van der Waals surface area (Å²) in [7, 11) is -2.93. The van der Waals surface area contributed by atoms with Gasteiger partial charge in [-0.05, 0) is 20.1 Å². The monoisotopic (exact) mass is 406 g/mol. The first-order valence-corrected chi connectivity index (χ1v) is 10.1. The largest absolute Gasteiger partial charge is 0.396 e. The summed E-state index contributed by atoms with van der Waals surface area (Å²) in [5, 5.41) is 4.09. The van der Waals surface area contributed by atoms with Crippen LogP contribution in [-0.2, 0) is 14.7 Å². The number of oxime groups is 1. The smallest absolute Gasteiger partial charge is 0.224 e. The summed E-state index contributed by atoms with van der Waals surface area (Å²) in [5.41, 5.74) is 0.969. The van der Waals surface area contributed by atoms with Crippen LogP contribution in [0.4, 0.5) is 0 Å². The van der Waals surface area contributed by atoms with E-state index in [1.54, 1.807) is 6.20 Å². The Bertz CT molecular complexity index is 585. The molecule has 0 radical (unpaired) electrons. The third-order valence-electron chi connectivity index (χ3n) is 3.07. The Kier molecular flexibility index (Phi) is 8.46. The molecule has 0 saturated carbocycles. The molecule has 0 spiro atoms. The van der Waals surface area contributed by atoms with E-state index in [2.05, 4.69) is 37.8 Å². The van der Waals surface area contributed by atoms with Crippen LogP contribution in [0.5, 0.6) is 0 Å². The van der Waals surface area contributed by atoms with E-state index in [1.165, 1.54) is 6.26 Å². The minimum Gasteiger partial charge on any atom is -0.396 e. The molecule has 1 saturated heterocycles. The highest BCUT2D eigenvalue weighted by Crippen LogP contribution is 2.10. The Labute approximate surface area is 146 Å². The highest BCUT2D eigenvalue weighted by molar-refractivity contribution is 9.11. The van der Waals surface area contributed by atoms with Gasteiger partial charge in [-0.15, -0.1) is 0 Å². The Hall–Kier alpha value is -1.22. The lowest BCUT2D eigenvalue weighted by Gasteiger charge is -2.27. The zero-order chi connectivity index (χ0) is 17.3. The summed E-state index contributed by atoms with van der Waals surface area (Å²) in [5.74, 6) is 0.716. The molecular weight excluding hydrogens is 384 g/mol. The molecule has 130 valence electrons. The lowest BCUT2D eigenvalue weighted by molar-refractivity contribution is 0.143. The van der Waals surface area contributed by atoms with E-state index >= 15 is 0 Å². The second-order valence-corrected chi connectivity index (χ2v) is 8.77. The van der Waals surface area contributed by atoms with Crippen molar-refractivity contribution in [1.82, 2.24) is 4.90 Å². The van der Waals surface area contributed by atoms with Gasteiger partial charge in [0, 0.05) is 42.9 Å². The van der Waals surface area contributed by atoms with Gasteiger partial charge in [0.2, 0.25) is 5.96 Å². The summed E-state index contributed by atoms with van der Waals surface area (Å²) in [6.45, 7) is 7.26. The molecule has 0 aliphatic carbocycles. The van der Waals surface area contributed by atoms with Crippen LogP contribution in [0, 0.1) is 0 Å². The van der Waals surface area contributed by atoms with E-state index in [9.17, 15) is 8.42 Å². The SMILES string of the molecule is C=N/C(=N\C=C(/C)Br)N1CCC(=NOCCCS(C)(=O)=O)CC1. The molecule has 1 rings (SSSR count). The molecule has 0 atom stereocenters. The van der Waals surface area contributed by atoms with Gasteiger partial charge in [0.25, 0.3) is 0 Å². The predicted molar refractivity (Wildman–Crippen MR) is 98.2 cm³/mol. The lowest BCUT2D eigenvalue weighted by Crippen LogP contribution is -2.37. The van der Waals surface area contributed by atoms with Gasteiger partial charge in [-0.3, -0.25) is 0 Å². The second kappa shape index (κ2) is 9.82.